The third-order valence-electron chi connectivity index (χ3n) is 5.21. The number of nitro groups is 1. The van der Waals surface area contributed by atoms with Gasteiger partial charge in [-0.1, -0.05) is 59.9 Å². The van der Waals surface area contributed by atoms with Crippen LogP contribution in [0.1, 0.15) is 5.56 Å². The van der Waals surface area contributed by atoms with Crippen molar-refractivity contribution in [1.29, 1.82) is 0 Å². The molecule has 5 aromatic rings. The maximum absolute atomic E-state index is 12.9. The lowest BCUT2D eigenvalue weighted by Gasteiger charge is -2.03. The fraction of sp³-hybridized carbons (Fsp3) is 0.0400. The molecule has 0 unspecified atom stereocenters. The van der Waals surface area contributed by atoms with Crippen LogP contribution in [0.4, 0.5) is 10.8 Å². The number of para-hydroxylation sites is 1. The van der Waals surface area contributed by atoms with Gasteiger partial charge < -0.3 is 5.32 Å². The van der Waals surface area contributed by atoms with Crippen molar-refractivity contribution in [1.82, 2.24) is 20.0 Å². The summed E-state index contributed by atoms with van der Waals surface area (Å²) in [6.07, 6.45) is 1.83. The second-order valence-corrected chi connectivity index (χ2v) is 8.57. The Kier molecular flexibility index (Phi) is 6.10. The van der Waals surface area contributed by atoms with Crippen molar-refractivity contribution < 1.29 is 9.72 Å². The largest absolute Gasteiger partial charge is 0.300 e. The summed E-state index contributed by atoms with van der Waals surface area (Å²) in [7, 11) is 0. The van der Waals surface area contributed by atoms with Crippen LogP contribution in [0.25, 0.3) is 27.5 Å². The molecule has 0 aliphatic heterocycles. The number of carbonyl (C=O) groups excluding carboxylic acids is 1. The van der Waals surface area contributed by atoms with Crippen LogP contribution in [-0.4, -0.2) is 30.8 Å². The zero-order chi connectivity index (χ0) is 24.2. The van der Waals surface area contributed by atoms with Crippen molar-refractivity contribution in [3.8, 4) is 27.5 Å². The number of hydrogen-bond donors (Lipinski definition) is 1. The van der Waals surface area contributed by atoms with Gasteiger partial charge in [-0.15, -0.1) is 10.2 Å². The molecule has 0 bridgehead atoms. The third kappa shape index (κ3) is 4.97. The van der Waals surface area contributed by atoms with Gasteiger partial charge in [-0.2, -0.15) is 5.10 Å². The number of non-ortho nitro benzene ring substituents is 1. The van der Waals surface area contributed by atoms with Gasteiger partial charge in [0.2, 0.25) is 11.0 Å². The molecule has 0 atom stereocenters. The number of aromatic nitrogens is 4. The van der Waals surface area contributed by atoms with E-state index in [-0.39, 0.29) is 18.0 Å². The van der Waals surface area contributed by atoms with Gasteiger partial charge >= 0.3 is 0 Å². The van der Waals surface area contributed by atoms with Gasteiger partial charge in [-0.25, -0.2) is 4.68 Å². The van der Waals surface area contributed by atoms with Crippen molar-refractivity contribution in [2.45, 2.75) is 6.42 Å². The van der Waals surface area contributed by atoms with E-state index in [1.165, 1.54) is 23.5 Å². The number of carbonyl (C=O) groups is 1. The van der Waals surface area contributed by atoms with Crippen molar-refractivity contribution in [2.24, 2.45) is 0 Å². The number of anilines is 1. The Bertz CT molecular complexity index is 1480. The lowest BCUT2D eigenvalue weighted by molar-refractivity contribution is -0.384. The second kappa shape index (κ2) is 9.65. The zero-order valence-corrected chi connectivity index (χ0v) is 19.1. The Balaban J connectivity index is 1.41. The average molecular weight is 483 g/mol. The van der Waals surface area contributed by atoms with Gasteiger partial charge in [0.05, 0.1) is 22.7 Å². The standard InChI is InChI=1S/C25H18N6O3S/c32-22(26-25-28-27-24(35-25)18-7-3-1-4-8-18)15-19-16-30(20-9-5-2-6-10-20)29-23(19)17-11-13-21(14-12-17)31(33)34/h1-14,16H,15H2,(H,26,28,32). The van der Waals surface area contributed by atoms with Gasteiger partial charge in [0.15, 0.2) is 0 Å². The maximum atomic E-state index is 12.9. The molecule has 2 aromatic heterocycles. The molecule has 0 aliphatic carbocycles. The summed E-state index contributed by atoms with van der Waals surface area (Å²) in [4.78, 5) is 23.5. The van der Waals surface area contributed by atoms with E-state index in [1.807, 2.05) is 60.7 Å². The van der Waals surface area contributed by atoms with Crippen LogP contribution in [0.2, 0.25) is 0 Å². The molecule has 0 aliphatic rings. The molecule has 0 saturated carbocycles. The van der Waals surface area contributed by atoms with Crippen LogP contribution in [0.3, 0.4) is 0 Å². The van der Waals surface area contributed by atoms with Crippen LogP contribution in [0, 0.1) is 10.1 Å². The quantitative estimate of drug-likeness (QED) is 0.253. The van der Waals surface area contributed by atoms with E-state index in [9.17, 15) is 14.9 Å². The third-order valence-corrected chi connectivity index (χ3v) is 6.09. The van der Waals surface area contributed by atoms with Crippen molar-refractivity contribution >= 4 is 28.1 Å². The molecule has 1 amide bonds. The van der Waals surface area contributed by atoms with Gasteiger partial charge in [-0.05, 0) is 24.3 Å². The fourth-order valence-corrected chi connectivity index (χ4v) is 4.31. The Hall–Kier alpha value is -4.70. The summed E-state index contributed by atoms with van der Waals surface area (Å²) in [6, 6.07) is 25.2. The van der Waals surface area contributed by atoms with E-state index < -0.39 is 4.92 Å². The number of nitrogens with one attached hydrogen (secondary N) is 1. The van der Waals surface area contributed by atoms with Gasteiger partial charge in [0.25, 0.3) is 5.69 Å². The predicted molar refractivity (Wildman–Crippen MR) is 133 cm³/mol. The molecule has 5 rings (SSSR count). The molecule has 0 fully saturated rings. The molecule has 35 heavy (non-hydrogen) atoms. The average Bonchev–Trinajstić information content (AvgIpc) is 3.52. The van der Waals surface area contributed by atoms with Gasteiger partial charge in [-0.3, -0.25) is 14.9 Å². The van der Waals surface area contributed by atoms with Crippen molar-refractivity contribution in [3.05, 3.63) is 107 Å². The summed E-state index contributed by atoms with van der Waals surface area (Å²) >= 11 is 1.29. The maximum Gasteiger partial charge on any atom is 0.269 e. The molecular weight excluding hydrogens is 464 g/mol. The molecule has 0 spiro atoms. The van der Waals surface area contributed by atoms with Gasteiger partial charge in [0, 0.05) is 35.0 Å². The zero-order valence-electron chi connectivity index (χ0n) is 18.2. The molecule has 3 aromatic carbocycles. The Labute approximate surface area is 203 Å². The van der Waals surface area contributed by atoms with E-state index in [1.54, 1.807) is 23.0 Å². The van der Waals surface area contributed by atoms with Gasteiger partial charge in [0.1, 0.15) is 5.01 Å². The normalized spacial score (nSPS) is 10.7. The molecule has 9 nitrogen and oxygen atoms in total. The highest BCUT2D eigenvalue weighted by Crippen LogP contribution is 2.28. The lowest BCUT2D eigenvalue weighted by Crippen LogP contribution is -2.14. The first kappa shape index (κ1) is 22.1. The SMILES string of the molecule is O=C(Cc1cn(-c2ccccc2)nc1-c1ccc([N+](=O)[O-])cc1)Nc1nnc(-c2ccccc2)s1. The second-order valence-electron chi connectivity index (χ2n) is 7.59. The first-order chi connectivity index (χ1) is 17.1. The molecular formula is C25H18N6O3S. The predicted octanol–water partition coefficient (Wildman–Crippen LogP) is 5.15. The summed E-state index contributed by atoms with van der Waals surface area (Å²) in [5, 5.41) is 27.9. The number of rotatable bonds is 7. The smallest absolute Gasteiger partial charge is 0.269 e. The van der Waals surface area contributed by atoms with Crippen LogP contribution in [-0.2, 0) is 11.2 Å². The van der Waals surface area contributed by atoms with Crippen LogP contribution < -0.4 is 5.32 Å². The topological polar surface area (TPSA) is 116 Å². The molecule has 0 radical (unpaired) electrons. The molecule has 10 heteroatoms. The highest BCUT2D eigenvalue weighted by molar-refractivity contribution is 7.18. The fourth-order valence-electron chi connectivity index (χ4n) is 3.54. The molecule has 0 saturated heterocycles. The van der Waals surface area contributed by atoms with Crippen LogP contribution in [0.15, 0.2) is 91.1 Å². The highest BCUT2D eigenvalue weighted by Gasteiger charge is 2.18. The molecule has 1 N–H and O–H groups in total. The Morgan fingerprint density at radius 1 is 0.914 bits per heavy atom. The minimum absolute atomic E-state index is 0.0129. The number of nitrogens with zero attached hydrogens (tertiary/aromatic N) is 5. The summed E-state index contributed by atoms with van der Waals surface area (Å²) < 4.78 is 1.69. The molecule has 2 heterocycles. The number of hydrogen-bond acceptors (Lipinski definition) is 7. The summed E-state index contributed by atoms with van der Waals surface area (Å²) in [6.45, 7) is 0. The van der Waals surface area contributed by atoms with Crippen molar-refractivity contribution in [3.63, 3.8) is 0 Å². The van der Waals surface area contributed by atoms with E-state index >= 15 is 0 Å². The van der Waals surface area contributed by atoms with E-state index in [0.29, 0.717) is 27.0 Å². The minimum atomic E-state index is -0.452. The number of nitro benzene ring substituents is 1. The van der Waals surface area contributed by atoms with Crippen molar-refractivity contribution in [2.75, 3.05) is 5.32 Å². The van der Waals surface area contributed by atoms with E-state index in [4.69, 9.17) is 0 Å². The van der Waals surface area contributed by atoms with E-state index in [0.717, 1.165) is 11.3 Å². The first-order valence-electron chi connectivity index (χ1n) is 10.6. The lowest BCUT2D eigenvalue weighted by atomic mass is 10.1. The summed E-state index contributed by atoms with van der Waals surface area (Å²) in [5.41, 5.74) is 3.67. The Morgan fingerprint density at radius 2 is 1.60 bits per heavy atom. The first-order valence-corrected chi connectivity index (χ1v) is 11.5. The monoisotopic (exact) mass is 482 g/mol. The highest BCUT2D eigenvalue weighted by atomic mass is 32.1. The molecule has 172 valence electrons. The number of amides is 1. The number of benzene rings is 3. The van der Waals surface area contributed by atoms with Crippen LogP contribution >= 0.6 is 11.3 Å². The van der Waals surface area contributed by atoms with Crippen LogP contribution in [0.5, 0.6) is 0 Å². The van der Waals surface area contributed by atoms with E-state index in [2.05, 4.69) is 20.6 Å². The summed E-state index contributed by atoms with van der Waals surface area (Å²) in [5.74, 6) is -0.267. The minimum Gasteiger partial charge on any atom is -0.300 e. The Morgan fingerprint density at radius 3 is 2.29 bits per heavy atom.